The van der Waals surface area contributed by atoms with Gasteiger partial charge in [0.1, 0.15) is 11.0 Å². The van der Waals surface area contributed by atoms with Crippen LogP contribution in [0.3, 0.4) is 0 Å². The number of aliphatic imine (C=N–C) groups is 1. The van der Waals surface area contributed by atoms with Gasteiger partial charge in [-0.05, 0) is 74.4 Å². The van der Waals surface area contributed by atoms with E-state index in [9.17, 15) is 14.4 Å². The molecule has 174 valence electrons. The molecule has 8 heteroatoms. The maximum Gasteiger partial charge on any atom is 0.243 e. The Morgan fingerprint density at radius 1 is 1.09 bits per heavy atom. The average molecular weight is 476 g/mol. The molecule has 1 saturated heterocycles. The Hall–Kier alpha value is -3.65. The Morgan fingerprint density at radius 3 is 2.53 bits per heavy atom. The molecule has 0 spiro atoms. The zero-order chi connectivity index (χ0) is 24.2. The first-order chi connectivity index (χ1) is 16.3. The minimum Gasteiger partial charge on any atom is -0.467 e. The normalized spacial score (nSPS) is 16.8. The molecule has 1 aromatic heterocycles. The third-order valence-corrected chi connectivity index (χ3v) is 6.83. The predicted molar refractivity (Wildman–Crippen MR) is 133 cm³/mol. The fourth-order valence-electron chi connectivity index (χ4n) is 3.56. The van der Waals surface area contributed by atoms with Gasteiger partial charge in [-0.3, -0.25) is 19.3 Å². The van der Waals surface area contributed by atoms with Crippen molar-refractivity contribution in [1.29, 1.82) is 0 Å². The van der Waals surface area contributed by atoms with E-state index in [0.717, 1.165) is 16.8 Å². The fraction of sp³-hybridized carbons (Fsp3) is 0.231. The molecular weight excluding hydrogens is 450 g/mol. The molecule has 1 unspecified atom stereocenters. The van der Waals surface area contributed by atoms with Crippen LogP contribution < -0.4 is 5.32 Å². The van der Waals surface area contributed by atoms with Gasteiger partial charge in [0.05, 0.1) is 18.5 Å². The van der Waals surface area contributed by atoms with E-state index in [1.54, 1.807) is 47.6 Å². The Balaban J connectivity index is 1.53. The SMILES string of the molecule is CC(=O)c1ccc(NC(=O)CC2SC(=Nc3cccc(C)c3C)N(Cc3ccco3)C2=O)cc1. The van der Waals surface area contributed by atoms with Gasteiger partial charge in [-0.1, -0.05) is 23.9 Å². The topological polar surface area (TPSA) is 92.0 Å². The summed E-state index contributed by atoms with van der Waals surface area (Å²) < 4.78 is 5.45. The molecule has 34 heavy (non-hydrogen) atoms. The van der Waals surface area contributed by atoms with Crippen LogP contribution in [0.5, 0.6) is 0 Å². The zero-order valence-electron chi connectivity index (χ0n) is 19.2. The number of nitrogens with zero attached hydrogens (tertiary/aromatic N) is 2. The van der Waals surface area contributed by atoms with Gasteiger partial charge in [0.2, 0.25) is 11.8 Å². The van der Waals surface area contributed by atoms with Crippen LogP contribution in [-0.2, 0) is 16.1 Å². The molecule has 2 amide bonds. The van der Waals surface area contributed by atoms with Crippen LogP contribution in [0.1, 0.15) is 40.6 Å². The highest BCUT2D eigenvalue weighted by Gasteiger charge is 2.39. The van der Waals surface area contributed by atoms with Gasteiger partial charge in [0.25, 0.3) is 0 Å². The van der Waals surface area contributed by atoms with E-state index in [1.807, 2.05) is 32.0 Å². The Bertz CT molecular complexity index is 1250. The number of carbonyl (C=O) groups excluding carboxylic acids is 3. The number of thioether (sulfide) groups is 1. The summed E-state index contributed by atoms with van der Waals surface area (Å²) >= 11 is 1.28. The summed E-state index contributed by atoms with van der Waals surface area (Å²) in [6.45, 7) is 5.74. The van der Waals surface area contributed by atoms with Gasteiger partial charge in [-0.15, -0.1) is 0 Å². The van der Waals surface area contributed by atoms with Crippen LogP contribution in [0, 0.1) is 13.8 Å². The van der Waals surface area contributed by atoms with Crippen molar-refractivity contribution in [2.75, 3.05) is 5.32 Å². The van der Waals surface area contributed by atoms with Crippen LogP contribution in [-0.4, -0.2) is 32.9 Å². The van der Waals surface area contributed by atoms with Gasteiger partial charge in [0, 0.05) is 17.7 Å². The van der Waals surface area contributed by atoms with Crippen molar-refractivity contribution in [3.63, 3.8) is 0 Å². The van der Waals surface area contributed by atoms with Crippen LogP contribution >= 0.6 is 11.8 Å². The number of amides is 2. The van der Waals surface area contributed by atoms with Crippen molar-refractivity contribution in [1.82, 2.24) is 4.90 Å². The molecule has 3 aromatic rings. The summed E-state index contributed by atoms with van der Waals surface area (Å²) in [5.41, 5.74) is 4.08. The van der Waals surface area contributed by atoms with Gasteiger partial charge >= 0.3 is 0 Å². The highest BCUT2D eigenvalue weighted by molar-refractivity contribution is 8.15. The first-order valence-corrected chi connectivity index (χ1v) is 11.8. The van der Waals surface area contributed by atoms with Gasteiger partial charge in [-0.2, -0.15) is 0 Å². The number of amidine groups is 1. The van der Waals surface area contributed by atoms with Crippen molar-refractivity contribution >= 4 is 45.9 Å². The van der Waals surface area contributed by atoms with Crippen molar-refractivity contribution in [2.45, 2.75) is 39.0 Å². The van der Waals surface area contributed by atoms with Crippen LogP contribution in [0.25, 0.3) is 0 Å². The number of carbonyl (C=O) groups is 3. The summed E-state index contributed by atoms with van der Waals surface area (Å²) in [5, 5.41) is 2.74. The smallest absolute Gasteiger partial charge is 0.243 e. The lowest BCUT2D eigenvalue weighted by Crippen LogP contribution is -2.33. The van der Waals surface area contributed by atoms with Crippen LogP contribution in [0.15, 0.2) is 70.3 Å². The van der Waals surface area contributed by atoms with E-state index in [2.05, 4.69) is 5.32 Å². The minimum atomic E-state index is -0.602. The van der Waals surface area contributed by atoms with E-state index in [1.165, 1.54) is 18.7 Å². The monoisotopic (exact) mass is 475 g/mol. The highest BCUT2D eigenvalue weighted by atomic mass is 32.2. The number of benzene rings is 2. The quantitative estimate of drug-likeness (QED) is 0.471. The second-order valence-corrected chi connectivity index (χ2v) is 9.28. The van der Waals surface area contributed by atoms with Gasteiger partial charge < -0.3 is 9.73 Å². The summed E-state index contributed by atoms with van der Waals surface area (Å²) in [6.07, 6.45) is 1.56. The number of hydrogen-bond donors (Lipinski definition) is 1. The van der Waals surface area contributed by atoms with E-state index in [0.29, 0.717) is 22.2 Å². The molecule has 0 radical (unpaired) electrons. The van der Waals surface area contributed by atoms with Crippen molar-refractivity contribution < 1.29 is 18.8 Å². The predicted octanol–water partition coefficient (Wildman–Crippen LogP) is 5.26. The second-order valence-electron chi connectivity index (χ2n) is 8.11. The second kappa shape index (κ2) is 10.1. The number of furan rings is 1. The van der Waals surface area contributed by atoms with Gasteiger partial charge in [0.15, 0.2) is 11.0 Å². The van der Waals surface area contributed by atoms with Crippen molar-refractivity contribution in [3.05, 3.63) is 83.3 Å². The van der Waals surface area contributed by atoms with Crippen LogP contribution in [0.4, 0.5) is 11.4 Å². The largest absolute Gasteiger partial charge is 0.467 e. The number of ketones is 1. The molecule has 0 saturated carbocycles. The Kier molecular flexibility index (Phi) is 6.98. The first-order valence-electron chi connectivity index (χ1n) is 10.9. The molecule has 0 bridgehead atoms. The fourth-order valence-corrected chi connectivity index (χ4v) is 4.71. The maximum atomic E-state index is 13.3. The molecule has 1 aliphatic rings. The number of nitrogens with one attached hydrogen (secondary N) is 1. The zero-order valence-corrected chi connectivity index (χ0v) is 20.0. The average Bonchev–Trinajstić information content (AvgIpc) is 3.41. The molecule has 0 aliphatic carbocycles. The molecule has 1 N–H and O–H groups in total. The van der Waals surface area contributed by atoms with E-state index in [4.69, 9.17) is 9.41 Å². The lowest BCUT2D eigenvalue weighted by atomic mass is 10.1. The Morgan fingerprint density at radius 2 is 1.85 bits per heavy atom. The maximum absolute atomic E-state index is 13.3. The van der Waals surface area contributed by atoms with E-state index in [-0.39, 0.29) is 30.6 Å². The van der Waals surface area contributed by atoms with E-state index < -0.39 is 5.25 Å². The molecule has 7 nitrogen and oxygen atoms in total. The molecule has 2 aromatic carbocycles. The summed E-state index contributed by atoms with van der Waals surface area (Å²) in [7, 11) is 0. The minimum absolute atomic E-state index is 0.00155. The molecule has 1 aliphatic heterocycles. The lowest BCUT2D eigenvalue weighted by molar-refractivity contribution is -0.128. The van der Waals surface area contributed by atoms with Crippen molar-refractivity contribution in [2.24, 2.45) is 4.99 Å². The van der Waals surface area contributed by atoms with Crippen LogP contribution in [0.2, 0.25) is 0 Å². The molecule has 4 rings (SSSR count). The summed E-state index contributed by atoms with van der Waals surface area (Å²) in [6, 6.07) is 16.1. The lowest BCUT2D eigenvalue weighted by Gasteiger charge is -2.15. The molecule has 1 atom stereocenters. The standard InChI is InChI=1S/C26H25N3O4S/c1-16-6-4-8-22(17(16)2)28-26-29(15-21-7-5-13-33-21)25(32)23(34-26)14-24(31)27-20-11-9-19(10-12-20)18(3)30/h4-13,23H,14-15H2,1-3H3,(H,27,31). The number of anilines is 1. The number of aryl methyl sites for hydroxylation is 1. The summed E-state index contributed by atoms with van der Waals surface area (Å²) in [5.74, 6) is 0.122. The van der Waals surface area contributed by atoms with Gasteiger partial charge in [-0.25, -0.2) is 4.99 Å². The first kappa shape index (κ1) is 23.5. The summed E-state index contributed by atoms with van der Waals surface area (Å²) in [4.78, 5) is 43.7. The highest BCUT2D eigenvalue weighted by Crippen LogP contribution is 2.34. The Labute approximate surface area is 202 Å². The third-order valence-electron chi connectivity index (χ3n) is 5.65. The number of rotatable bonds is 7. The molecule has 2 heterocycles. The number of Topliss-reactive ketones (excluding diaryl/α,β-unsaturated/α-hetero) is 1. The molecule has 1 fully saturated rings. The van der Waals surface area contributed by atoms with E-state index >= 15 is 0 Å². The third kappa shape index (κ3) is 5.28. The molecular formula is C26H25N3O4S. The number of hydrogen-bond acceptors (Lipinski definition) is 6. The van der Waals surface area contributed by atoms with Crippen molar-refractivity contribution in [3.8, 4) is 0 Å².